The van der Waals surface area contributed by atoms with Crippen LogP contribution in [0.4, 0.5) is 0 Å². The first-order valence-electron chi connectivity index (χ1n) is 9.60. The van der Waals surface area contributed by atoms with Crippen LogP contribution in [0.3, 0.4) is 0 Å². The van der Waals surface area contributed by atoms with Crippen molar-refractivity contribution >= 4 is 10.8 Å². The molecule has 1 nitrogen and oxygen atoms in total. The first-order valence-corrected chi connectivity index (χ1v) is 10.9. The number of rotatable bonds is 2. The monoisotopic (exact) mass is 378 g/mol. The highest BCUT2D eigenvalue weighted by Crippen LogP contribution is 2.53. The van der Waals surface area contributed by atoms with Crippen LogP contribution in [-0.2, 0) is 10.8 Å². The number of fused-ring (bicyclic) bond motifs is 6. The molecule has 0 saturated heterocycles. The largest absolute Gasteiger partial charge is 0.258 e. The average molecular weight is 378 g/mol. The third kappa shape index (κ3) is 2.10. The van der Waals surface area contributed by atoms with Gasteiger partial charge in [0.05, 0.1) is 10.5 Å². The smallest absolute Gasteiger partial charge is 0.0868 e. The van der Waals surface area contributed by atoms with Gasteiger partial charge >= 0.3 is 0 Å². The summed E-state index contributed by atoms with van der Waals surface area (Å²) >= 11 is 0. The molecule has 2 aliphatic rings. The lowest BCUT2D eigenvalue weighted by molar-refractivity contribution is 0.674. The van der Waals surface area contributed by atoms with E-state index in [9.17, 15) is 4.21 Å². The minimum absolute atomic E-state index is 0.100. The fourth-order valence-corrected chi connectivity index (χ4v) is 6.95. The second kappa shape index (κ2) is 6.02. The van der Waals surface area contributed by atoms with Crippen LogP contribution in [0.2, 0.25) is 0 Å². The van der Waals surface area contributed by atoms with Crippen LogP contribution in [0.15, 0.2) is 97.1 Å². The van der Waals surface area contributed by atoms with Crippen LogP contribution < -0.4 is 0 Å². The summed E-state index contributed by atoms with van der Waals surface area (Å²) in [7, 11) is -1.12. The minimum atomic E-state index is -1.12. The highest BCUT2D eigenvalue weighted by Gasteiger charge is 2.40. The summed E-state index contributed by atoms with van der Waals surface area (Å²) in [4.78, 5) is 0. The van der Waals surface area contributed by atoms with Crippen LogP contribution in [0, 0.1) is 0 Å². The van der Waals surface area contributed by atoms with Crippen molar-refractivity contribution in [1.82, 2.24) is 0 Å². The van der Waals surface area contributed by atoms with Gasteiger partial charge in [-0.25, -0.2) is 0 Å². The fourth-order valence-electron chi connectivity index (χ4n) is 4.86. The van der Waals surface area contributed by atoms with E-state index in [-0.39, 0.29) is 10.5 Å². The highest BCUT2D eigenvalue weighted by atomic mass is 32.2. The Balaban J connectivity index is 1.57. The molecule has 6 rings (SSSR count). The van der Waals surface area contributed by atoms with E-state index in [4.69, 9.17) is 0 Å². The van der Waals surface area contributed by atoms with Crippen molar-refractivity contribution in [2.75, 3.05) is 0 Å². The lowest BCUT2D eigenvalue weighted by atomic mass is 10.1. The molecule has 2 heteroatoms. The Labute approximate surface area is 167 Å². The van der Waals surface area contributed by atoms with E-state index in [1.54, 1.807) is 0 Å². The van der Waals surface area contributed by atoms with Crippen LogP contribution >= 0.6 is 0 Å². The minimum Gasteiger partial charge on any atom is -0.258 e. The Bertz CT molecular complexity index is 1070. The first-order chi connectivity index (χ1) is 13.8. The molecular formula is C26H18OS. The van der Waals surface area contributed by atoms with Crippen molar-refractivity contribution in [1.29, 1.82) is 0 Å². The van der Waals surface area contributed by atoms with Crippen LogP contribution in [0.5, 0.6) is 0 Å². The third-order valence-corrected chi connectivity index (χ3v) is 7.96. The molecule has 0 heterocycles. The Morgan fingerprint density at radius 3 is 0.964 bits per heavy atom. The Kier molecular flexibility index (Phi) is 3.44. The zero-order chi connectivity index (χ0) is 18.7. The first kappa shape index (κ1) is 16.0. The molecule has 0 aliphatic heterocycles. The molecule has 4 aromatic rings. The van der Waals surface area contributed by atoms with Crippen molar-refractivity contribution in [3.05, 3.63) is 119 Å². The summed E-state index contributed by atoms with van der Waals surface area (Å²) in [6.07, 6.45) is 0. The van der Waals surface area contributed by atoms with Crippen molar-refractivity contribution in [3.63, 3.8) is 0 Å². The van der Waals surface area contributed by atoms with E-state index in [1.807, 2.05) is 0 Å². The molecule has 134 valence electrons. The van der Waals surface area contributed by atoms with E-state index < -0.39 is 10.8 Å². The topological polar surface area (TPSA) is 17.1 Å². The number of hydrogen-bond donors (Lipinski definition) is 0. The molecule has 0 N–H and O–H groups in total. The van der Waals surface area contributed by atoms with E-state index in [2.05, 4.69) is 97.1 Å². The summed E-state index contributed by atoms with van der Waals surface area (Å²) in [5.41, 5.74) is 9.61. The lowest BCUT2D eigenvalue weighted by Crippen LogP contribution is -2.13. The molecule has 28 heavy (non-hydrogen) atoms. The zero-order valence-corrected chi connectivity index (χ0v) is 16.0. The SMILES string of the molecule is O=S(C1c2ccccc2-c2ccccc21)C1c2ccccc2-c2ccccc21. The van der Waals surface area contributed by atoms with Gasteiger partial charge in [-0.1, -0.05) is 97.1 Å². The molecule has 0 amide bonds. The van der Waals surface area contributed by atoms with Gasteiger partial charge in [0, 0.05) is 10.8 Å². The van der Waals surface area contributed by atoms with E-state index in [0.29, 0.717) is 0 Å². The van der Waals surface area contributed by atoms with Crippen LogP contribution in [0.1, 0.15) is 32.8 Å². The van der Waals surface area contributed by atoms with Gasteiger partial charge in [0.1, 0.15) is 0 Å². The molecule has 0 aromatic heterocycles. The van der Waals surface area contributed by atoms with Gasteiger partial charge in [0.15, 0.2) is 0 Å². The molecule has 0 radical (unpaired) electrons. The molecule has 4 aromatic carbocycles. The van der Waals surface area contributed by atoms with E-state index >= 15 is 0 Å². The fraction of sp³-hybridized carbons (Fsp3) is 0.0769. The quantitative estimate of drug-likeness (QED) is 0.401. The van der Waals surface area contributed by atoms with Gasteiger partial charge in [-0.05, 0) is 44.5 Å². The summed E-state index contributed by atoms with van der Waals surface area (Å²) in [5.74, 6) is 0. The predicted octanol–water partition coefficient (Wildman–Crippen LogP) is 6.28. The van der Waals surface area contributed by atoms with Gasteiger partial charge in [-0.2, -0.15) is 0 Å². The molecular weight excluding hydrogens is 360 g/mol. The Morgan fingerprint density at radius 2 is 0.679 bits per heavy atom. The van der Waals surface area contributed by atoms with Gasteiger partial charge in [-0.15, -0.1) is 0 Å². The zero-order valence-electron chi connectivity index (χ0n) is 15.2. The average Bonchev–Trinajstić information content (AvgIpc) is 3.27. The summed E-state index contributed by atoms with van der Waals surface area (Å²) < 4.78 is 14.2. The van der Waals surface area contributed by atoms with Crippen molar-refractivity contribution < 1.29 is 4.21 Å². The van der Waals surface area contributed by atoms with Gasteiger partial charge in [0.2, 0.25) is 0 Å². The van der Waals surface area contributed by atoms with E-state index in [1.165, 1.54) is 44.5 Å². The molecule has 0 fully saturated rings. The predicted molar refractivity (Wildman–Crippen MR) is 116 cm³/mol. The maximum Gasteiger partial charge on any atom is 0.0868 e. The van der Waals surface area contributed by atoms with Gasteiger partial charge in [-0.3, -0.25) is 4.21 Å². The molecule has 0 bridgehead atoms. The van der Waals surface area contributed by atoms with Gasteiger partial charge < -0.3 is 0 Å². The second-order valence-corrected chi connectivity index (χ2v) is 9.04. The number of benzene rings is 4. The van der Waals surface area contributed by atoms with Crippen molar-refractivity contribution in [2.45, 2.75) is 10.5 Å². The van der Waals surface area contributed by atoms with Crippen LogP contribution in [-0.4, -0.2) is 4.21 Å². The highest BCUT2D eigenvalue weighted by molar-refractivity contribution is 7.86. The van der Waals surface area contributed by atoms with E-state index in [0.717, 1.165) is 0 Å². The van der Waals surface area contributed by atoms with Crippen molar-refractivity contribution in [2.24, 2.45) is 0 Å². The molecule has 0 spiro atoms. The van der Waals surface area contributed by atoms with Crippen LogP contribution in [0.25, 0.3) is 22.3 Å². The standard InChI is InChI=1S/C26H18OS/c27-28(25-21-13-5-1-9-17(21)18-10-2-6-14-22(18)25)26-23-15-7-3-11-19(23)20-12-4-8-16-24(20)26/h1-16,25-26H. The lowest BCUT2D eigenvalue weighted by Gasteiger charge is -2.20. The third-order valence-electron chi connectivity index (χ3n) is 6.02. The molecule has 2 aliphatic carbocycles. The molecule has 0 saturated carbocycles. The molecule has 0 unspecified atom stereocenters. The second-order valence-electron chi connectivity index (χ2n) is 7.44. The Morgan fingerprint density at radius 1 is 0.429 bits per heavy atom. The normalized spacial score (nSPS) is 14.6. The Hall–Kier alpha value is -2.97. The van der Waals surface area contributed by atoms with Gasteiger partial charge in [0.25, 0.3) is 0 Å². The van der Waals surface area contributed by atoms with Crippen molar-refractivity contribution in [3.8, 4) is 22.3 Å². The maximum atomic E-state index is 14.2. The maximum absolute atomic E-state index is 14.2. The summed E-state index contributed by atoms with van der Waals surface area (Å²) in [6.45, 7) is 0. The summed E-state index contributed by atoms with van der Waals surface area (Å²) in [6, 6.07) is 33.7. The number of hydrogen-bond acceptors (Lipinski definition) is 1. The summed E-state index contributed by atoms with van der Waals surface area (Å²) in [5, 5.41) is -0.201. The molecule has 0 atom stereocenters.